The zero-order valence-corrected chi connectivity index (χ0v) is 19.7. The van der Waals surface area contributed by atoms with Crippen molar-refractivity contribution in [3.63, 3.8) is 0 Å². The molecule has 0 aliphatic carbocycles. The molecule has 0 aliphatic rings. The molecule has 35 heavy (non-hydrogen) atoms. The molecule has 5 rings (SSSR count). The third-order valence-electron chi connectivity index (χ3n) is 5.86. The number of carbonyl (C=O) groups is 1. The van der Waals surface area contributed by atoms with Gasteiger partial charge in [0.2, 0.25) is 5.88 Å². The Bertz CT molecular complexity index is 1520. The van der Waals surface area contributed by atoms with Crippen molar-refractivity contribution < 1.29 is 18.3 Å². The summed E-state index contributed by atoms with van der Waals surface area (Å²) in [7, 11) is 0. The maximum absolute atomic E-state index is 14.7. The Balaban J connectivity index is 1.73. The molecule has 0 N–H and O–H groups in total. The number of furan rings is 1. The fraction of sp³-hybridized carbons (Fsp3) is 0.179. The normalized spacial score (nSPS) is 11.2. The van der Waals surface area contributed by atoms with Gasteiger partial charge < -0.3 is 9.15 Å². The minimum Gasteiger partial charge on any atom is -0.466 e. The van der Waals surface area contributed by atoms with Crippen LogP contribution in [0, 0.1) is 19.7 Å². The van der Waals surface area contributed by atoms with Crippen LogP contribution in [0.15, 0.2) is 71.3 Å². The van der Waals surface area contributed by atoms with Gasteiger partial charge >= 0.3 is 5.97 Å². The monoisotopic (exact) mass is 469 g/mol. The van der Waals surface area contributed by atoms with Crippen LogP contribution < -0.4 is 4.74 Å². The Morgan fingerprint density at radius 3 is 2.43 bits per heavy atom. The second kappa shape index (κ2) is 9.18. The molecule has 0 unspecified atom stereocenters. The van der Waals surface area contributed by atoms with Crippen molar-refractivity contribution in [2.45, 2.75) is 33.6 Å². The first kappa shape index (κ1) is 22.5. The lowest BCUT2D eigenvalue weighted by atomic mass is 10.1. The highest BCUT2D eigenvalue weighted by atomic mass is 19.1. The molecular weight excluding hydrogens is 445 g/mol. The van der Waals surface area contributed by atoms with Gasteiger partial charge in [-0.1, -0.05) is 42.5 Å². The van der Waals surface area contributed by atoms with Gasteiger partial charge in [-0.3, -0.25) is 9.20 Å². The van der Waals surface area contributed by atoms with Gasteiger partial charge in [-0.2, -0.15) is 0 Å². The van der Waals surface area contributed by atoms with Crippen LogP contribution in [0.25, 0.3) is 16.9 Å². The van der Waals surface area contributed by atoms with E-state index in [0.29, 0.717) is 46.9 Å². The molecule has 0 saturated carbocycles. The zero-order valence-electron chi connectivity index (χ0n) is 19.7. The largest absolute Gasteiger partial charge is 0.466 e. The molecule has 0 radical (unpaired) electrons. The Labute approximate surface area is 202 Å². The first-order valence-corrected chi connectivity index (χ1v) is 11.3. The maximum Gasteiger partial charge on any atom is 0.309 e. The highest BCUT2D eigenvalue weighted by Gasteiger charge is 2.22. The van der Waals surface area contributed by atoms with E-state index in [2.05, 4.69) is 0 Å². The summed E-state index contributed by atoms with van der Waals surface area (Å²) in [5.41, 5.74) is 4.56. The fourth-order valence-corrected chi connectivity index (χ4v) is 4.10. The summed E-state index contributed by atoms with van der Waals surface area (Å²) in [4.78, 5) is 21.7. The molecule has 0 amide bonds. The van der Waals surface area contributed by atoms with Crippen molar-refractivity contribution in [2.24, 2.45) is 0 Å². The molecule has 3 aromatic heterocycles. The standard InChI is InChI=1S/C28H24FN3O3/c1-17-13-21(34-18(17)2)15-25-28(35-19(3)33)32-16-26(22-11-7-8-12-23(22)29)30-24(27(32)31-25)14-20-9-5-4-6-10-20/h4-13,16H,14-15H2,1-3H3. The predicted molar refractivity (Wildman–Crippen MR) is 130 cm³/mol. The van der Waals surface area contributed by atoms with E-state index in [1.54, 1.807) is 28.8 Å². The van der Waals surface area contributed by atoms with Gasteiger partial charge in [-0.15, -0.1) is 0 Å². The molecule has 0 saturated heterocycles. The van der Waals surface area contributed by atoms with Crippen LogP contribution in [0.3, 0.4) is 0 Å². The van der Waals surface area contributed by atoms with Crippen LogP contribution in [0.2, 0.25) is 0 Å². The number of hydrogen-bond acceptors (Lipinski definition) is 5. The molecule has 3 heterocycles. The van der Waals surface area contributed by atoms with Crippen LogP contribution in [-0.2, 0) is 17.6 Å². The lowest BCUT2D eigenvalue weighted by molar-refractivity contribution is -0.132. The summed E-state index contributed by atoms with van der Waals surface area (Å²) < 4.78 is 27.9. The molecule has 6 nitrogen and oxygen atoms in total. The minimum absolute atomic E-state index is 0.272. The lowest BCUT2D eigenvalue weighted by Crippen LogP contribution is -2.07. The first-order valence-electron chi connectivity index (χ1n) is 11.3. The summed E-state index contributed by atoms with van der Waals surface area (Å²) in [5, 5.41) is 0. The molecule has 2 aromatic carbocycles. The van der Waals surface area contributed by atoms with E-state index < -0.39 is 5.97 Å². The summed E-state index contributed by atoms with van der Waals surface area (Å²) in [5.74, 6) is 0.943. The number of rotatable bonds is 6. The van der Waals surface area contributed by atoms with E-state index >= 15 is 0 Å². The third-order valence-corrected chi connectivity index (χ3v) is 5.86. The van der Waals surface area contributed by atoms with E-state index in [-0.39, 0.29) is 11.7 Å². The second-order valence-electron chi connectivity index (χ2n) is 8.49. The highest BCUT2D eigenvalue weighted by molar-refractivity contribution is 5.71. The molecule has 0 atom stereocenters. The van der Waals surface area contributed by atoms with Gasteiger partial charge in [0, 0.05) is 25.1 Å². The van der Waals surface area contributed by atoms with Gasteiger partial charge in [-0.05, 0) is 43.2 Å². The van der Waals surface area contributed by atoms with Crippen molar-refractivity contribution >= 4 is 11.6 Å². The molecule has 176 valence electrons. The number of esters is 1. The van der Waals surface area contributed by atoms with Crippen molar-refractivity contribution in [1.29, 1.82) is 0 Å². The number of fused-ring (bicyclic) bond motifs is 1. The van der Waals surface area contributed by atoms with Crippen LogP contribution in [0.1, 0.15) is 41.0 Å². The Morgan fingerprint density at radius 1 is 1.00 bits per heavy atom. The summed E-state index contributed by atoms with van der Waals surface area (Å²) in [6, 6.07) is 18.3. The first-order chi connectivity index (χ1) is 16.9. The van der Waals surface area contributed by atoms with Gasteiger partial charge in [0.25, 0.3) is 0 Å². The minimum atomic E-state index is -0.478. The number of ether oxygens (including phenoxy) is 1. The van der Waals surface area contributed by atoms with Crippen LogP contribution in [0.5, 0.6) is 5.88 Å². The lowest BCUT2D eigenvalue weighted by Gasteiger charge is -2.10. The second-order valence-corrected chi connectivity index (χ2v) is 8.49. The fourth-order valence-electron chi connectivity index (χ4n) is 4.10. The van der Waals surface area contributed by atoms with Crippen molar-refractivity contribution in [3.8, 4) is 17.1 Å². The number of carbonyl (C=O) groups excluding carboxylic acids is 1. The average molecular weight is 470 g/mol. The number of halogens is 1. The van der Waals surface area contributed by atoms with Crippen molar-refractivity contribution in [1.82, 2.24) is 14.4 Å². The number of aryl methyl sites for hydroxylation is 2. The zero-order chi connectivity index (χ0) is 24.5. The van der Waals surface area contributed by atoms with E-state index in [9.17, 15) is 9.18 Å². The maximum atomic E-state index is 14.7. The highest BCUT2D eigenvalue weighted by Crippen LogP contribution is 2.30. The molecule has 0 spiro atoms. The smallest absolute Gasteiger partial charge is 0.309 e. The van der Waals surface area contributed by atoms with E-state index in [1.165, 1.54) is 13.0 Å². The molecule has 7 heteroatoms. The number of aromatic nitrogens is 3. The number of hydrogen-bond donors (Lipinski definition) is 0. The van der Waals surface area contributed by atoms with E-state index in [1.807, 2.05) is 50.2 Å². The number of imidazole rings is 1. The average Bonchev–Trinajstić information content (AvgIpc) is 3.33. The van der Waals surface area contributed by atoms with E-state index in [4.69, 9.17) is 19.1 Å². The van der Waals surface area contributed by atoms with Gasteiger partial charge in [0.1, 0.15) is 23.0 Å². The van der Waals surface area contributed by atoms with Crippen LogP contribution in [0.4, 0.5) is 4.39 Å². The molecule has 0 fully saturated rings. The number of benzene rings is 2. The topological polar surface area (TPSA) is 69.6 Å². The molecular formula is C28H24FN3O3. The van der Waals surface area contributed by atoms with E-state index in [0.717, 1.165) is 16.9 Å². The van der Waals surface area contributed by atoms with Crippen LogP contribution >= 0.6 is 0 Å². The van der Waals surface area contributed by atoms with Gasteiger partial charge in [-0.25, -0.2) is 14.4 Å². The van der Waals surface area contributed by atoms with Crippen molar-refractivity contribution in [3.05, 3.63) is 107 Å². The summed E-state index contributed by atoms with van der Waals surface area (Å²) in [6.45, 7) is 5.22. The number of nitrogens with zero attached hydrogens (tertiary/aromatic N) is 3. The summed E-state index contributed by atoms with van der Waals surface area (Å²) >= 11 is 0. The SMILES string of the molecule is CC(=O)Oc1c(Cc2cc(C)c(C)o2)nc2c(Cc3ccccc3)nc(-c3ccccc3F)cn12. The Morgan fingerprint density at radius 2 is 1.74 bits per heavy atom. The summed E-state index contributed by atoms with van der Waals surface area (Å²) in [6.07, 6.45) is 2.47. The van der Waals surface area contributed by atoms with Crippen LogP contribution in [-0.4, -0.2) is 20.3 Å². The Hall–Kier alpha value is -4.26. The molecule has 5 aromatic rings. The predicted octanol–water partition coefficient (Wildman–Crippen LogP) is 5.85. The van der Waals surface area contributed by atoms with Crippen molar-refractivity contribution in [2.75, 3.05) is 0 Å². The Kier molecular flexibility index (Phi) is 5.91. The third kappa shape index (κ3) is 4.57. The van der Waals surface area contributed by atoms with Gasteiger partial charge in [0.15, 0.2) is 5.65 Å². The molecule has 0 aliphatic heterocycles. The molecule has 0 bridgehead atoms. The van der Waals surface area contributed by atoms with Gasteiger partial charge in [0.05, 0.1) is 17.8 Å². The quantitative estimate of drug-likeness (QED) is 0.292.